The Morgan fingerprint density at radius 1 is 1.25 bits per heavy atom. The van der Waals surface area contributed by atoms with Crippen molar-refractivity contribution in [3.63, 3.8) is 0 Å². The third kappa shape index (κ3) is 1.12. The van der Waals surface area contributed by atoms with E-state index < -0.39 is 13.9 Å². The molecule has 1 aliphatic rings. The van der Waals surface area contributed by atoms with E-state index in [1.165, 1.54) is 20.3 Å². The van der Waals surface area contributed by atoms with Gasteiger partial charge in [0.25, 0.3) is 0 Å². The number of fused-ring (bicyclic) bond motifs is 1. The molecule has 12 heavy (non-hydrogen) atoms. The molecule has 1 atom stereocenters. The predicted octanol–water partition coefficient (Wildman–Crippen LogP) is 1.70. The fourth-order valence-corrected chi connectivity index (χ4v) is 4.51. The Morgan fingerprint density at radius 2 is 2.00 bits per heavy atom. The molecule has 64 valence electrons. The van der Waals surface area contributed by atoms with E-state index in [4.69, 9.17) is 0 Å². The first-order valence-corrected chi connectivity index (χ1v) is 7.83. The average molecular weight is 226 g/mol. The average Bonchev–Trinajstić information content (AvgIpc) is 2.31. The molecule has 0 amide bonds. The Balaban J connectivity index is 2.57. The van der Waals surface area contributed by atoms with Gasteiger partial charge in [-0.15, -0.1) is 0 Å². The number of rotatable bonds is 0. The second kappa shape index (κ2) is 2.72. The molecule has 0 saturated heterocycles. The Morgan fingerprint density at radius 3 is 2.75 bits per heavy atom. The SMILES string of the molecule is CC1=Nc2ccc(C)cc2[SeH]1C. The van der Waals surface area contributed by atoms with Gasteiger partial charge in [-0.2, -0.15) is 0 Å². The van der Waals surface area contributed by atoms with Crippen molar-refractivity contribution in [2.24, 2.45) is 4.99 Å². The van der Waals surface area contributed by atoms with Crippen LogP contribution in [0.2, 0.25) is 5.82 Å². The van der Waals surface area contributed by atoms with Crippen molar-refractivity contribution in [3.8, 4) is 0 Å². The maximum absolute atomic E-state index is 4.56. The summed E-state index contributed by atoms with van der Waals surface area (Å²) in [5.41, 5.74) is 2.58. The van der Waals surface area contributed by atoms with Crippen molar-refractivity contribution in [3.05, 3.63) is 23.8 Å². The van der Waals surface area contributed by atoms with E-state index in [1.54, 1.807) is 0 Å². The topological polar surface area (TPSA) is 12.4 Å². The van der Waals surface area contributed by atoms with Gasteiger partial charge in [-0.1, -0.05) is 0 Å². The first-order valence-electron chi connectivity index (χ1n) is 4.08. The van der Waals surface area contributed by atoms with Crippen molar-refractivity contribution in [2.45, 2.75) is 19.7 Å². The fourth-order valence-electron chi connectivity index (χ4n) is 1.42. The summed E-state index contributed by atoms with van der Waals surface area (Å²) in [5.74, 6) is 2.36. The summed E-state index contributed by atoms with van der Waals surface area (Å²) >= 11 is -0.886. The monoisotopic (exact) mass is 227 g/mol. The zero-order valence-corrected chi connectivity index (χ0v) is 9.50. The second-order valence-electron chi connectivity index (χ2n) is 3.21. The minimum absolute atomic E-state index is 0.886. The van der Waals surface area contributed by atoms with Crippen molar-refractivity contribution in [2.75, 3.05) is 0 Å². The van der Waals surface area contributed by atoms with Gasteiger partial charge >= 0.3 is 77.1 Å². The van der Waals surface area contributed by atoms with Crippen LogP contribution in [0, 0.1) is 6.92 Å². The molecule has 0 saturated carbocycles. The molecule has 1 aromatic carbocycles. The van der Waals surface area contributed by atoms with Crippen molar-refractivity contribution in [1.29, 1.82) is 0 Å². The van der Waals surface area contributed by atoms with E-state index in [0.29, 0.717) is 0 Å². The normalized spacial score (nSPS) is 23.6. The second-order valence-corrected chi connectivity index (χ2v) is 7.92. The molecule has 0 spiro atoms. The van der Waals surface area contributed by atoms with Crippen LogP contribution in [0.25, 0.3) is 0 Å². The first kappa shape index (κ1) is 8.03. The predicted molar refractivity (Wildman–Crippen MR) is 56.6 cm³/mol. The van der Waals surface area contributed by atoms with Gasteiger partial charge in [-0.25, -0.2) is 0 Å². The van der Waals surface area contributed by atoms with E-state index in [9.17, 15) is 0 Å². The van der Waals surface area contributed by atoms with E-state index in [2.05, 4.69) is 42.9 Å². The molecule has 0 fully saturated rings. The Hall–Kier alpha value is -0.591. The molecule has 2 heteroatoms. The van der Waals surface area contributed by atoms with Gasteiger partial charge in [-0.05, 0) is 0 Å². The van der Waals surface area contributed by atoms with Crippen LogP contribution in [0.4, 0.5) is 5.69 Å². The van der Waals surface area contributed by atoms with Gasteiger partial charge in [-0.3, -0.25) is 0 Å². The quantitative estimate of drug-likeness (QED) is 0.597. The van der Waals surface area contributed by atoms with Crippen LogP contribution in [-0.2, 0) is 0 Å². The number of nitrogens with zero attached hydrogens (tertiary/aromatic N) is 1. The van der Waals surface area contributed by atoms with Crippen LogP contribution in [0.1, 0.15) is 12.5 Å². The molecular weight excluding hydrogens is 213 g/mol. The van der Waals surface area contributed by atoms with Crippen LogP contribution in [0.15, 0.2) is 23.2 Å². The van der Waals surface area contributed by atoms with Crippen LogP contribution >= 0.6 is 0 Å². The molecule has 2 rings (SSSR count). The molecule has 1 nitrogen and oxygen atoms in total. The number of hydrogen-bond donors (Lipinski definition) is 0. The van der Waals surface area contributed by atoms with Crippen LogP contribution in [0.3, 0.4) is 0 Å². The fraction of sp³-hybridized carbons (Fsp3) is 0.300. The van der Waals surface area contributed by atoms with Gasteiger partial charge in [0.2, 0.25) is 0 Å². The van der Waals surface area contributed by atoms with Crippen LogP contribution in [-0.4, -0.2) is 18.5 Å². The van der Waals surface area contributed by atoms with E-state index in [0.717, 1.165) is 0 Å². The van der Waals surface area contributed by atoms with Crippen LogP contribution in [0.5, 0.6) is 0 Å². The summed E-state index contributed by atoms with van der Waals surface area (Å²) in [6.45, 7) is 4.31. The molecule has 0 bridgehead atoms. The number of benzene rings is 1. The molecule has 1 heterocycles. The van der Waals surface area contributed by atoms with Gasteiger partial charge in [0.15, 0.2) is 0 Å². The van der Waals surface area contributed by atoms with Crippen molar-refractivity contribution in [1.82, 2.24) is 0 Å². The molecule has 0 aliphatic carbocycles. The van der Waals surface area contributed by atoms with Crippen molar-refractivity contribution < 1.29 is 0 Å². The first-order chi connectivity index (χ1) is 5.68. The molecule has 1 aliphatic heterocycles. The summed E-state index contributed by atoms with van der Waals surface area (Å²) in [4.78, 5) is 4.56. The Bertz CT molecular complexity index is 355. The summed E-state index contributed by atoms with van der Waals surface area (Å²) in [7, 11) is 0. The number of hydrogen-bond acceptors (Lipinski definition) is 1. The van der Waals surface area contributed by atoms with Gasteiger partial charge < -0.3 is 0 Å². The zero-order chi connectivity index (χ0) is 8.72. The molecule has 1 unspecified atom stereocenters. The Kier molecular flexibility index (Phi) is 1.82. The zero-order valence-electron chi connectivity index (χ0n) is 7.63. The van der Waals surface area contributed by atoms with E-state index in [-0.39, 0.29) is 0 Å². The van der Waals surface area contributed by atoms with Crippen LogP contribution < -0.4 is 4.46 Å². The maximum atomic E-state index is 4.56. The molecular formula is C10H13NSe. The minimum atomic E-state index is -0.886. The molecule has 0 N–H and O–H groups in total. The standard InChI is InChI=1S/C10H13NSe/c1-7-4-5-9-10(6-7)12(3)8(2)11-9/h4-6,12H,1-3H3. The van der Waals surface area contributed by atoms with Gasteiger partial charge in [0.1, 0.15) is 0 Å². The van der Waals surface area contributed by atoms with Crippen molar-refractivity contribution >= 4 is 28.7 Å². The van der Waals surface area contributed by atoms with Gasteiger partial charge in [0, 0.05) is 0 Å². The molecule has 0 radical (unpaired) electrons. The molecule has 0 aromatic heterocycles. The summed E-state index contributed by atoms with van der Waals surface area (Å²) in [6.07, 6.45) is 0. The summed E-state index contributed by atoms with van der Waals surface area (Å²) < 4.78 is 2.91. The molecule has 1 aromatic rings. The van der Waals surface area contributed by atoms with E-state index >= 15 is 0 Å². The van der Waals surface area contributed by atoms with Gasteiger partial charge in [0.05, 0.1) is 0 Å². The Labute approximate surface area is 77.4 Å². The summed E-state index contributed by atoms with van der Waals surface area (Å²) in [6, 6.07) is 6.59. The third-order valence-electron chi connectivity index (χ3n) is 2.26. The summed E-state index contributed by atoms with van der Waals surface area (Å²) in [5, 5.41) is 0. The number of aliphatic imine (C=N–C) groups is 1. The number of aryl methyl sites for hydroxylation is 1. The third-order valence-corrected chi connectivity index (χ3v) is 6.77. The van der Waals surface area contributed by atoms with E-state index in [1.807, 2.05) is 0 Å².